The summed E-state index contributed by atoms with van der Waals surface area (Å²) in [5.41, 5.74) is 0.120. The molecule has 0 spiro atoms. The van der Waals surface area contributed by atoms with Gasteiger partial charge in [0.05, 0.1) is 0 Å². The third-order valence-electron chi connectivity index (χ3n) is 3.29. The summed E-state index contributed by atoms with van der Waals surface area (Å²) < 4.78 is 0. The first kappa shape index (κ1) is 11.2. The summed E-state index contributed by atoms with van der Waals surface area (Å²) in [6.45, 7) is 4.93. The van der Waals surface area contributed by atoms with E-state index in [9.17, 15) is 9.59 Å². The quantitative estimate of drug-likeness (QED) is 0.548. The van der Waals surface area contributed by atoms with Crippen LogP contribution >= 0.6 is 0 Å². The first-order valence-electron chi connectivity index (χ1n) is 5.29. The van der Waals surface area contributed by atoms with Crippen molar-refractivity contribution in [2.75, 3.05) is 6.54 Å². The van der Waals surface area contributed by atoms with Crippen molar-refractivity contribution in [2.45, 2.75) is 39.5 Å². The molecule has 0 aromatic carbocycles. The molecule has 0 saturated heterocycles. The Bertz CT molecular complexity index is 217. The van der Waals surface area contributed by atoms with Crippen LogP contribution in [0.3, 0.4) is 0 Å². The lowest BCUT2D eigenvalue weighted by Crippen LogP contribution is -2.38. The topological polar surface area (TPSA) is 46.2 Å². The molecular weight excluding hydrogens is 178 g/mol. The Morgan fingerprint density at radius 2 is 2.00 bits per heavy atom. The summed E-state index contributed by atoms with van der Waals surface area (Å²) in [5.74, 6) is 0.186. The average Bonchev–Trinajstić information content (AvgIpc) is 2.67. The number of carbonyl (C=O) groups is 2. The van der Waals surface area contributed by atoms with Crippen LogP contribution in [0.4, 0.5) is 0 Å². The molecule has 14 heavy (non-hydrogen) atoms. The molecule has 1 saturated carbocycles. The highest BCUT2D eigenvalue weighted by Crippen LogP contribution is 2.38. The van der Waals surface area contributed by atoms with Crippen LogP contribution in [0.25, 0.3) is 0 Å². The van der Waals surface area contributed by atoms with Crippen molar-refractivity contribution in [1.29, 1.82) is 0 Å². The maximum atomic E-state index is 10.8. The number of hydrogen-bond acceptors (Lipinski definition) is 2. The summed E-state index contributed by atoms with van der Waals surface area (Å²) in [5, 5.41) is 2.64. The Hall–Kier alpha value is -0.860. The molecule has 3 nitrogen and oxygen atoms in total. The van der Waals surface area contributed by atoms with Crippen LogP contribution in [0.5, 0.6) is 0 Å². The fourth-order valence-electron chi connectivity index (χ4n) is 2.21. The summed E-state index contributed by atoms with van der Waals surface area (Å²) in [6, 6.07) is 0. The zero-order valence-corrected chi connectivity index (χ0v) is 9.01. The minimum Gasteiger partial charge on any atom is -0.349 e. The molecule has 1 aliphatic carbocycles. The molecule has 0 aromatic heterocycles. The predicted molar refractivity (Wildman–Crippen MR) is 54.8 cm³/mol. The third kappa shape index (κ3) is 2.82. The van der Waals surface area contributed by atoms with Gasteiger partial charge in [-0.3, -0.25) is 9.59 Å². The number of hydrogen-bond donors (Lipinski definition) is 1. The number of rotatable bonds is 4. The van der Waals surface area contributed by atoms with Gasteiger partial charge in [-0.05, 0) is 24.2 Å². The molecule has 1 amide bonds. The second kappa shape index (κ2) is 4.58. The first-order valence-corrected chi connectivity index (χ1v) is 5.29. The number of nitrogens with one attached hydrogen (secondary N) is 1. The van der Waals surface area contributed by atoms with Gasteiger partial charge in [-0.1, -0.05) is 26.7 Å². The molecule has 1 aliphatic rings. The van der Waals surface area contributed by atoms with Crippen LogP contribution in [-0.4, -0.2) is 18.7 Å². The van der Waals surface area contributed by atoms with Crippen molar-refractivity contribution < 1.29 is 9.59 Å². The van der Waals surface area contributed by atoms with Crippen LogP contribution in [0, 0.1) is 11.3 Å². The maximum Gasteiger partial charge on any atom is 0.284 e. The lowest BCUT2D eigenvalue weighted by Gasteiger charge is -2.31. The molecule has 0 aliphatic heterocycles. The normalized spacial score (nSPS) is 18.1. The lowest BCUT2D eigenvalue weighted by molar-refractivity contribution is -0.131. The van der Waals surface area contributed by atoms with Crippen LogP contribution in [0.2, 0.25) is 0 Å². The minimum absolute atomic E-state index is 0.120. The third-order valence-corrected chi connectivity index (χ3v) is 3.29. The zero-order chi connectivity index (χ0) is 10.6. The van der Waals surface area contributed by atoms with Gasteiger partial charge in [0.2, 0.25) is 6.29 Å². The molecule has 1 fully saturated rings. The molecular formula is C11H19NO2. The Balaban J connectivity index is 2.39. The molecule has 0 bridgehead atoms. The summed E-state index contributed by atoms with van der Waals surface area (Å²) in [6.07, 6.45) is 5.45. The Morgan fingerprint density at radius 1 is 1.43 bits per heavy atom. The van der Waals surface area contributed by atoms with Gasteiger partial charge in [-0.2, -0.15) is 0 Å². The van der Waals surface area contributed by atoms with Crippen molar-refractivity contribution in [3.63, 3.8) is 0 Å². The Kier molecular flexibility index (Phi) is 3.67. The molecule has 0 radical (unpaired) electrons. The van der Waals surface area contributed by atoms with Gasteiger partial charge in [0, 0.05) is 6.54 Å². The van der Waals surface area contributed by atoms with E-state index in [0.717, 1.165) is 0 Å². The second-order valence-corrected chi connectivity index (χ2v) is 4.81. The van der Waals surface area contributed by atoms with E-state index in [1.54, 1.807) is 0 Å². The van der Waals surface area contributed by atoms with E-state index in [1.165, 1.54) is 25.7 Å². The maximum absolute atomic E-state index is 10.8. The molecule has 1 rings (SSSR count). The van der Waals surface area contributed by atoms with Crippen molar-refractivity contribution in [1.82, 2.24) is 5.32 Å². The van der Waals surface area contributed by atoms with Gasteiger partial charge < -0.3 is 5.32 Å². The second-order valence-electron chi connectivity index (χ2n) is 4.81. The van der Waals surface area contributed by atoms with Crippen LogP contribution < -0.4 is 5.32 Å². The van der Waals surface area contributed by atoms with E-state index in [0.29, 0.717) is 18.7 Å². The summed E-state index contributed by atoms with van der Waals surface area (Å²) in [7, 11) is 0. The largest absolute Gasteiger partial charge is 0.349 e. The highest BCUT2D eigenvalue weighted by Gasteiger charge is 2.31. The van der Waals surface area contributed by atoms with Gasteiger partial charge in [0.15, 0.2) is 0 Å². The van der Waals surface area contributed by atoms with Gasteiger partial charge in [0.1, 0.15) is 0 Å². The van der Waals surface area contributed by atoms with E-state index >= 15 is 0 Å². The molecule has 0 atom stereocenters. The summed E-state index contributed by atoms with van der Waals surface area (Å²) in [4.78, 5) is 20.9. The average molecular weight is 197 g/mol. The van der Waals surface area contributed by atoms with Crippen molar-refractivity contribution in [2.24, 2.45) is 11.3 Å². The molecule has 0 unspecified atom stereocenters. The van der Waals surface area contributed by atoms with Gasteiger partial charge in [-0.15, -0.1) is 0 Å². The zero-order valence-electron chi connectivity index (χ0n) is 9.01. The molecule has 3 heteroatoms. The lowest BCUT2D eigenvalue weighted by atomic mass is 9.78. The standard InChI is InChI=1S/C11H19NO2/c1-11(2,8-12-10(14)7-13)9-5-3-4-6-9/h7,9H,3-6,8H2,1-2H3,(H,12,14). The Labute approximate surface area is 85.3 Å². The SMILES string of the molecule is CC(C)(CNC(=O)C=O)C1CCCC1. The van der Waals surface area contributed by atoms with E-state index in [1.807, 2.05) is 0 Å². The fourth-order valence-corrected chi connectivity index (χ4v) is 2.21. The molecule has 0 aromatic rings. The van der Waals surface area contributed by atoms with Crippen molar-refractivity contribution in [3.8, 4) is 0 Å². The smallest absolute Gasteiger partial charge is 0.284 e. The van der Waals surface area contributed by atoms with Gasteiger partial charge in [0.25, 0.3) is 5.91 Å². The van der Waals surface area contributed by atoms with Gasteiger partial charge in [-0.25, -0.2) is 0 Å². The number of carbonyl (C=O) groups excluding carboxylic acids is 2. The van der Waals surface area contributed by atoms with Crippen LogP contribution in [-0.2, 0) is 9.59 Å². The highest BCUT2D eigenvalue weighted by atomic mass is 16.2. The number of aldehydes is 1. The summed E-state index contributed by atoms with van der Waals surface area (Å²) >= 11 is 0. The van der Waals surface area contributed by atoms with E-state index in [4.69, 9.17) is 0 Å². The van der Waals surface area contributed by atoms with Gasteiger partial charge >= 0.3 is 0 Å². The van der Waals surface area contributed by atoms with Crippen LogP contribution in [0.1, 0.15) is 39.5 Å². The van der Waals surface area contributed by atoms with E-state index in [-0.39, 0.29) is 5.41 Å². The van der Waals surface area contributed by atoms with Crippen molar-refractivity contribution >= 4 is 12.2 Å². The van der Waals surface area contributed by atoms with Crippen LogP contribution in [0.15, 0.2) is 0 Å². The predicted octanol–water partition coefficient (Wildman–Crippen LogP) is 1.52. The molecule has 1 N–H and O–H groups in total. The highest BCUT2D eigenvalue weighted by molar-refractivity contribution is 6.23. The first-order chi connectivity index (χ1) is 6.56. The fraction of sp³-hybridized carbons (Fsp3) is 0.818. The molecule has 80 valence electrons. The molecule has 0 heterocycles. The van der Waals surface area contributed by atoms with E-state index < -0.39 is 5.91 Å². The van der Waals surface area contributed by atoms with E-state index in [2.05, 4.69) is 19.2 Å². The van der Waals surface area contributed by atoms with Crippen molar-refractivity contribution in [3.05, 3.63) is 0 Å². The monoisotopic (exact) mass is 197 g/mol. The minimum atomic E-state index is -0.504. The Morgan fingerprint density at radius 3 is 2.50 bits per heavy atom. The number of amides is 1.